The number of rotatable bonds is 4. The van der Waals surface area contributed by atoms with Crippen LogP contribution in [-0.2, 0) is 0 Å². The predicted molar refractivity (Wildman–Crippen MR) is 104 cm³/mol. The Kier molecular flexibility index (Phi) is 9.64. The summed E-state index contributed by atoms with van der Waals surface area (Å²) < 4.78 is 30.9. The second-order valence-electron chi connectivity index (χ2n) is 5.75. The number of methoxy groups -OCH3 is 1. The maximum Gasteiger partial charge on any atom is 0.241 e. The monoisotopic (exact) mass is 382 g/mol. The van der Waals surface area contributed by atoms with Crippen LogP contribution in [0.5, 0.6) is 5.88 Å². The molecule has 0 amide bonds. The molecule has 0 spiro atoms. The van der Waals surface area contributed by atoms with Crippen LogP contribution in [0.2, 0.25) is 0 Å². The molecule has 2 heterocycles. The number of hydrogen-bond acceptors (Lipinski definition) is 5. The number of ether oxygens (including phenoxy) is 1. The number of aliphatic hydroxyl groups is 1. The van der Waals surface area contributed by atoms with Gasteiger partial charge in [0.15, 0.2) is 0 Å². The van der Waals surface area contributed by atoms with Crippen molar-refractivity contribution in [3.8, 4) is 5.88 Å². The van der Waals surface area contributed by atoms with Gasteiger partial charge in [-0.2, -0.15) is 4.98 Å². The number of aldehydes is 1. The van der Waals surface area contributed by atoms with Crippen LogP contribution >= 0.6 is 0 Å². The van der Waals surface area contributed by atoms with Gasteiger partial charge in [0.2, 0.25) is 12.3 Å². The van der Waals surface area contributed by atoms with Crippen molar-refractivity contribution in [3.63, 3.8) is 0 Å². The summed E-state index contributed by atoms with van der Waals surface area (Å²) in [4.78, 5) is 17.5. The Bertz CT molecular complexity index is 718. The topological polar surface area (TPSA) is 62.7 Å². The summed E-state index contributed by atoms with van der Waals surface area (Å²) in [5.74, 6) is 0.640. The van der Waals surface area contributed by atoms with E-state index >= 15 is 0 Å². The van der Waals surface area contributed by atoms with Gasteiger partial charge in [-0.15, -0.1) is 0 Å². The van der Waals surface area contributed by atoms with Gasteiger partial charge >= 0.3 is 0 Å². The number of hydrogen-bond donors (Lipinski definition) is 1. The molecule has 0 unspecified atom stereocenters. The van der Waals surface area contributed by atoms with Gasteiger partial charge in [0, 0.05) is 43.1 Å². The SMILES string of the molecule is CC.CO.COc1cc2cc(C=O)ccc2c(N2CCC(C(F)F)CC2)n1. The molecule has 1 aromatic carbocycles. The molecular weight excluding hydrogens is 354 g/mol. The summed E-state index contributed by atoms with van der Waals surface area (Å²) in [6.45, 7) is 5.08. The molecule has 27 heavy (non-hydrogen) atoms. The van der Waals surface area contributed by atoms with E-state index in [0.717, 1.165) is 30.0 Å². The van der Waals surface area contributed by atoms with Crippen LogP contribution in [0.3, 0.4) is 0 Å². The minimum absolute atomic E-state index is 0.449. The molecule has 1 aliphatic rings. The lowest BCUT2D eigenvalue weighted by atomic mass is 9.97. The molecule has 0 radical (unpaired) electrons. The Balaban J connectivity index is 0.000000855. The second kappa shape index (κ2) is 11.4. The van der Waals surface area contributed by atoms with E-state index in [-0.39, 0.29) is 0 Å². The standard InChI is InChI=1S/C17H18F2N2O2.C2H6.CH4O/c1-23-15-9-13-8-11(10-22)2-3-14(13)17(20-15)21-6-4-12(5-7-21)16(18)19;2*1-2/h2-3,8-10,12,16H,4-7H2,1H3;1-2H3;2H,1H3. The maximum atomic E-state index is 12.8. The molecule has 0 saturated carbocycles. The highest BCUT2D eigenvalue weighted by Gasteiger charge is 2.27. The Morgan fingerprint density at radius 1 is 1.22 bits per heavy atom. The van der Waals surface area contributed by atoms with Crippen molar-refractivity contribution in [2.24, 2.45) is 5.92 Å². The average Bonchev–Trinajstić information content (AvgIpc) is 2.75. The highest BCUT2D eigenvalue weighted by Crippen LogP contribution is 2.33. The minimum Gasteiger partial charge on any atom is -0.481 e. The third kappa shape index (κ3) is 5.60. The van der Waals surface area contributed by atoms with Gasteiger partial charge in [-0.25, -0.2) is 8.78 Å². The van der Waals surface area contributed by atoms with Gasteiger partial charge in [-0.05, 0) is 30.4 Å². The molecule has 0 atom stereocenters. The van der Waals surface area contributed by atoms with Crippen molar-refractivity contribution in [1.29, 1.82) is 0 Å². The molecule has 7 heteroatoms. The molecule has 1 aromatic heterocycles. The zero-order chi connectivity index (χ0) is 20.4. The summed E-state index contributed by atoms with van der Waals surface area (Å²) in [5, 5.41) is 8.75. The van der Waals surface area contributed by atoms with Crippen LogP contribution in [0.1, 0.15) is 37.0 Å². The highest BCUT2D eigenvalue weighted by molar-refractivity contribution is 5.96. The fourth-order valence-corrected chi connectivity index (χ4v) is 3.02. The number of alkyl halides is 2. The summed E-state index contributed by atoms with van der Waals surface area (Å²) in [5.41, 5.74) is 0.577. The number of aromatic nitrogens is 1. The quantitative estimate of drug-likeness (QED) is 0.804. The lowest BCUT2D eigenvalue weighted by Gasteiger charge is -2.33. The Morgan fingerprint density at radius 2 is 1.85 bits per heavy atom. The van der Waals surface area contributed by atoms with Crippen LogP contribution in [-0.4, -0.2) is 50.1 Å². The van der Waals surface area contributed by atoms with Crippen LogP contribution in [0.4, 0.5) is 14.6 Å². The Labute approximate surface area is 159 Å². The smallest absolute Gasteiger partial charge is 0.241 e. The number of piperidine rings is 1. The molecule has 2 aromatic rings. The van der Waals surface area contributed by atoms with Gasteiger partial charge in [-0.1, -0.05) is 19.9 Å². The number of halogens is 2. The van der Waals surface area contributed by atoms with E-state index in [9.17, 15) is 13.6 Å². The van der Waals surface area contributed by atoms with Crippen LogP contribution in [0.15, 0.2) is 24.3 Å². The third-order valence-corrected chi connectivity index (χ3v) is 4.35. The molecule has 1 N–H and O–H groups in total. The van der Waals surface area contributed by atoms with Gasteiger partial charge < -0.3 is 14.7 Å². The Hall–Kier alpha value is -2.28. The van der Waals surface area contributed by atoms with E-state index in [2.05, 4.69) is 4.98 Å². The summed E-state index contributed by atoms with van der Waals surface area (Å²) >= 11 is 0. The average molecular weight is 382 g/mol. The van der Waals surface area contributed by atoms with E-state index in [1.807, 2.05) is 24.8 Å². The number of anilines is 1. The van der Waals surface area contributed by atoms with E-state index in [4.69, 9.17) is 9.84 Å². The zero-order valence-corrected chi connectivity index (χ0v) is 16.3. The molecule has 1 aliphatic heterocycles. The number of nitrogens with zero attached hydrogens (tertiary/aromatic N) is 2. The van der Waals surface area contributed by atoms with E-state index in [1.54, 1.807) is 18.2 Å². The molecule has 150 valence electrons. The van der Waals surface area contributed by atoms with E-state index in [1.165, 1.54) is 7.11 Å². The number of fused-ring (bicyclic) bond motifs is 1. The van der Waals surface area contributed by atoms with Crippen molar-refractivity contribution in [3.05, 3.63) is 29.8 Å². The number of carbonyl (C=O) groups is 1. The highest BCUT2D eigenvalue weighted by atomic mass is 19.3. The van der Waals surface area contributed by atoms with Crippen molar-refractivity contribution < 1.29 is 23.4 Å². The lowest BCUT2D eigenvalue weighted by molar-refractivity contribution is 0.0635. The largest absolute Gasteiger partial charge is 0.481 e. The summed E-state index contributed by atoms with van der Waals surface area (Å²) in [7, 11) is 2.53. The van der Waals surface area contributed by atoms with Crippen molar-refractivity contribution >= 4 is 22.9 Å². The van der Waals surface area contributed by atoms with Crippen molar-refractivity contribution in [1.82, 2.24) is 4.98 Å². The molecule has 5 nitrogen and oxygen atoms in total. The van der Waals surface area contributed by atoms with E-state index < -0.39 is 12.3 Å². The van der Waals surface area contributed by atoms with Gasteiger partial charge in [0.05, 0.1) is 7.11 Å². The molecule has 1 saturated heterocycles. The maximum absolute atomic E-state index is 12.8. The minimum atomic E-state index is -2.26. The van der Waals surface area contributed by atoms with E-state index in [0.29, 0.717) is 37.4 Å². The first-order valence-corrected chi connectivity index (χ1v) is 9.04. The molecule has 0 bridgehead atoms. The summed E-state index contributed by atoms with van der Waals surface area (Å²) in [6, 6.07) is 7.14. The number of carbonyl (C=O) groups excluding carboxylic acids is 1. The van der Waals surface area contributed by atoms with Gasteiger partial charge in [0.25, 0.3) is 0 Å². The van der Waals surface area contributed by atoms with Crippen LogP contribution in [0.25, 0.3) is 10.8 Å². The molecule has 0 aliphatic carbocycles. The molecule has 3 rings (SSSR count). The fraction of sp³-hybridized carbons (Fsp3) is 0.500. The first-order valence-electron chi connectivity index (χ1n) is 9.04. The van der Waals surface area contributed by atoms with Crippen molar-refractivity contribution in [2.45, 2.75) is 33.1 Å². The lowest BCUT2D eigenvalue weighted by Crippen LogP contribution is -2.36. The number of aliphatic hydroxyl groups excluding tert-OH is 1. The Morgan fingerprint density at radius 3 is 2.37 bits per heavy atom. The normalized spacial score (nSPS) is 14.1. The molecule has 1 fully saturated rings. The zero-order valence-electron chi connectivity index (χ0n) is 16.3. The number of benzene rings is 1. The van der Waals surface area contributed by atoms with Crippen LogP contribution < -0.4 is 9.64 Å². The third-order valence-electron chi connectivity index (χ3n) is 4.35. The fourth-order valence-electron chi connectivity index (χ4n) is 3.02. The van der Waals surface area contributed by atoms with Crippen LogP contribution in [0, 0.1) is 5.92 Å². The van der Waals surface area contributed by atoms with Crippen molar-refractivity contribution in [2.75, 3.05) is 32.2 Å². The van der Waals surface area contributed by atoms with Gasteiger partial charge in [0.1, 0.15) is 12.1 Å². The molecular formula is C20H28F2N2O3. The van der Waals surface area contributed by atoms with Gasteiger partial charge in [-0.3, -0.25) is 4.79 Å². The predicted octanol–water partition coefficient (Wildman–Crippen LogP) is 4.17. The first-order chi connectivity index (χ1) is 13.1. The summed E-state index contributed by atoms with van der Waals surface area (Å²) in [6.07, 6.45) is -0.572. The number of pyridine rings is 1. The second-order valence-corrected chi connectivity index (χ2v) is 5.75. The first kappa shape index (κ1) is 22.8.